The Morgan fingerprint density at radius 2 is 1.88 bits per heavy atom. The van der Waals surface area contributed by atoms with Gasteiger partial charge >= 0.3 is 17.9 Å². The Morgan fingerprint density at radius 3 is 2.42 bits per heavy atom. The average Bonchev–Trinajstić information content (AvgIpc) is 3.20. The van der Waals surface area contributed by atoms with Gasteiger partial charge in [-0.25, -0.2) is 18.0 Å². The van der Waals surface area contributed by atoms with Gasteiger partial charge in [0.2, 0.25) is 10.0 Å². The number of carboxylic acid groups (broad SMARTS) is 1. The largest absolute Gasteiger partial charge is 0.480 e. The predicted octanol–water partition coefficient (Wildman–Crippen LogP) is 0.559. The van der Waals surface area contributed by atoms with Gasteiger partial charge in [-0.05, 0) is 18.9 Å². The molecule has 0 saturated carbocycles. The fraction of sp³-hybridized carbons (Fsp3) is 0.462. The fourth-order valence-corrected chi connectivity index (χ4v) is 5.55. The van der Waals surface area contributed by atoms with Gasteiger partial charge in [0, 0.05) is 6.54 Å². The van der Waals surface area contributed by atoms with E-state index in [9.17, 15) is 27.9 Å². The summed E-state index contributed by atoms with van der Waals surface area (Å²) < 4.78 is 35.6. The van der Waals surface area contributed by atoms with Crippen LogP contribution in [0.4, 0.5) is 0 Å². The summed E-state index contributed by atoms with van der Waals surface area (Å²) in [5, 5.41) is 9.18. The zero-order valence-electron chi connectivity index (χ0n) is 12.8. The van der Waals surface area contributed by atoms with Crippen molar-refractivity contribution in [2.24, 2.45) is 0 Å². The SMILES string of the molecule is COC(=O)c1cc(S(=O)(=O)N2CCC[C@H]2C(=O)O)c(C(=O)OC)s1. The van der Waals surface area contributed by atoms with E-state index < -0.39 is 38.9 Å². The molecule has 0 aromatic carbocycles. The van der Waals surface area contributed by atoms with Gasteiger partial charge < -0.3 is 14.6 Å². The Hall–Kier alpha value is -1.98. The monoisotopic (exact) mass is 377 g/mol. The molecule has 1 saturated heterocycles. The molecular formula is C13H15NO8S2. The Bertz CT molecular complexity index is 782. The zero-order valence-corrected chi connectivity index (χ0v) is 14.5. The molecule has 1 aliphatic heterocycles. The van der Waals surface area contributed by atoms with Gasteiger partial charge in [-0.15, -0.1) is 11.3 Å². The molecule has 1 aliphatic rings. The lowest BCUT2D eigenvalue weighted by Crippen LogP contribution is -2.40. The van der Waals surface area contributed by atoms with Crippen LogP contribution in [0.15, 0.2) is 11.0 Å². The number of rotatable bonds is 5. The molecule has 0 amide bonds. The summed E-state index contributed by atoms with van der Waals surface area (Å²) in [4.78, 5) is 33.9. The summed E-state index contributed by atoms with van der Waals surface area (Å²) in [7, 11) is -2.09. The molecule has 0 bridgehead atoms. The summed E-state index contributed by atoms with van der Waals surface area (Å²) in [5.41, 5.74) is 0. The van der Waals surface area contributed by atoms with Gasteiger partial charge in [-0.1, -0.05) is 0 Å². The van der Waals surface area contributed by atoms with Crippen molar-refractivity contribution < 1.29 is 37.4 Å². The lowest BCUT2D eigenvalue weighted by atomic mass is 10.2. The maximum atomic E-state index is 12.8. The standard InChI is InChI=1S/C13H15NO8S2/c1-21-12(17)8-6-9(10(23-8)13(18)22-2)24(19,20)14-5-3-4-7(14)11(15)16/h6-7H,3-5H2,1-2H3,(H,15,16)/t7-/m0/s1. The van der Waals surface area contributed by atoms with Crippen molar-refractivity contribution in [3.05, 3.63) is 15.8 Å². The number of methoxy groups -OCH3 is 2. The summed E-state index contributed by atoms with van der Waals surface area (Å²) in [6.45, 7) is 0.0172. The Kier molecular flexibility index (Phi) is 5.26. The van der Waals surface area contributed by atoms with Crippen molar-refractivity contribution >= 4 is 39.3 Å². The molecule has 2 rings (SSSR count). The second kappa shape index (κ2) is 6.87. The Labute approximate surface area is 141 Å². The minimum Gasteiger partial charge on any atom is -0.480 e. The molecule has 0 radical (unpaired) electrons. The van der Waals surface area contributed by atoms with Crippen molar-refractivity contribution in [1.82, 2.24) is 4.31 Å². The number of carbonyl (C=O) groups excluding carboxylic acids is 2. The van der Waals surface area contributed by atoms with Crippen molar-refractivity contribution in [1.29, 1.82) is 0 Å². The molecule has 1 fully saturated rings. The van der Waals surface area contributed by atoms with Crippen LogP contribution in [0.25, 0.3) is 0 Å². The van der Waals surface area contributed by atoms with Gasteiger partial charge in [0.1, 0.15) is 20.7 Å². The van der Waals surface area contributed by atoms with E-state index in [1.165, 1.54) is 0 Å². The highest BCUT2D eigenvalue weighted by molar-refractivity contribution is 7.89. The molecule has 1 aromatic heterocycles. The number of carbonyl (C=O) groups is 3. The normalized spacial score (nSPS) is 18.3. The summed E-state index contributed by atoms with van der Waals surface area (Å²) >= 11 is 0.618. The van der Waals surface area contributed by atoms with Gasteiger partial charge in [-0.2, -0.15) is 4.31 Å². The van der Waals surface area contributed by atoms with E-state index in [-0.39, 0.29) is 22.7 Å². The molecule has 1 N–H and O–H groups in total. The molecule has 1 atom stereocenters. The van der Waals surface area contributed by atoms with E-state index in [0.29, 0.717) is 17.8 Å². The van der Waals surface area contributed by atoms with Crippen molar-refractivity contribution in [2.45, 2.75) is 23.8 Å². The first kappa shape index (κ1) is 18.4. The molecule has 2 heterocycles. The summed E-state index contributed by atoms with van der Waals surface area (Å²) in [6, 6.07) is -0.197. The second-order valence-corrected chi connectivity index (χ2v) is 7.81. The van der Waals surface area contributed by atoms with Crippen LogP contribution in [-0.4, -0.2) is 62.5 Å². The van der Waals surface area contributed by atoms with Crippen molar-refractivity contribution in [3.8, 4) is 0 Å². The lowest BCUT2D eigenvalue weighted by Gasteiger charge is -2.20. The van der Waals surface area contributed by atoms with Gasteiger partial charge in [0.05, 0.1) is 14.2 Å². The highest BCUT2D eigenvalue weighted by Crippen LogP contribution is 2.33. The third-order valence-electron chi connectivity index (χ3n) is 3.53. The number of hydrogen-bond donors (Lipinski definition) is 1. The molecule has 132 valence electrons. The third kappa shape index (κ3) is 3.14. The van der Waals surface area contributed by atoms with Crippen LogP contribution in [0, 0.1) is 0 Å². The molecular weight excluding hydrogens is 362 g/mol. The van der Waals surface area contributed by atoms with Crippen LogP contribution < -0.4 is 0 Å². The van der Waals surface area contributed by atoms with Gasteiger partial charge in [0.15, 0.2) is 0 Å². The van der Waals surface area contributed by atoms with Gasteiger partial charge in [-0.3, -0.25) is 4.79 Å². The number of carboxylic acids is 1. The number of ether oxygens (including phenoxy) is 2. The Morgan fingerprint density at radius 1 is 1.25 bits per heavy atom. The highest BCUT2D eigenvalue weighted by atomic mass is 32.2. The summed E-state index contributed by atoms with van der Waals surface area (Å²) in [5.74, 6) is -3.00. The molecule has 11 heteroatoms. The second-order valence-electron chi connectivity index (χ2n) is 4.90. The zero-order chi connectivity index (χ0) is 18.1. The van der Waals surface area contributed by atoms with Crippen LogP contribution in [0.3, 0.4) is 0 Å². The predicted molar refractivity (Wildman–Crippen MR) is 81.5 cm³/mol. The number of thiophene rings is 1. The minimum absolute atomic E-state index is 0.0172. The smallest absolute Gasteiger partial charge is 0.349 e. The first-order valence-corrected chi connectivity index (χ1v) is 9.04. The first-order chi connectivity index (χ1) is 11.2. The van der Waals surface area contributed by atoms with Crippen LogP contribution >= 0.6 is 11.3 Å². The average molecular weight is 377 g/mol. The molecule has 24 heavy (non-hydrogen) atoms. The molecule has 0 unspecified atom stereocenters. The lowest BCUT2D eigenvalue weighted by molar-refractivity contribution is -0.140. The van der Waals surface area contributed by atoms with Crippen LogP contribution in [0.2, 0.25) is 0 Å². The topological polar surface area (TPSA) is 127 Å². The van der Waals surface area contributed by atoms with Crippen molar-refractivity contribution in [3.63, 3.8) is 0 Å². The van der Waals surface area contributed by atoms with E-state index in [1.807, 2.05) is 0 Å². The number of hydrogen-bond acceptors (Lipinski definition) is 8. The van der Waals surface area contributed by atoms with Crippen LogP contribution in [-0.2, 0) is 24.3 Å². The molecule has 9 nitrogen and oxygen atoms in total. The van der Waals surface area contributed by atoms with Gasteiger partial charge in [0.25, 0.3) is 0 Å². The van der Waals surface area contributed by atoms with Crippen LogP contribution in [0.5, 0.6) is 0 Å². The fourth-order valence-electron chi connectivity index (χ4n) is 2.40. The van der Waals surface area contributed by atoms with E-state index in [0.717, 1.165) is 24.6 Å². The maximum absolute atomic E-state index is 12.8. The number of sulfonamides is 1. The summed E-state index contributed by atoms with van der Waals surface area (Å²) in [6.07, 6.45) is 0.563. The first-order valence-electron chi connectivity index (χ1n) is 6.79. The quantitative estimate of drug-likeness (QED) is 0.737. The number of aliphatic carboxylic acids is 1. The minimum atomic E-state index is -4.29. The van der Waals surface area contributed by atoms with Crippen molar-refractivity contribution in [2.75, 3.05) is 20.8 Å². The highest BCUT2D eigenvalue weighted by Gasteiger charge is 2.42. The third-order valence-corrected chi connectivity index (χ3v) is 6.69. The molecule has 0 aliphatic carbocycles. The Balaban J connectivity index is 2.56. The maximum Gasteiger partial charge on any atom is 0.349 e. The number of esters is 2. The molecule has 1 aromatic rings. The van der Waals surface area contributed by atoms with Crippen LogP contribution in [0.1, 0.15) is 32.2 Å². The number of nitrogens with zero attached hydrogens (tertiary/aromatic N) is 1. The van der Waals surface area contributed by atoms with E-state index >= 15 is 0 Å². The molecule has 0 spiro atoms. The van der Waals surface area contributed by atoms with E-state index in [1.54, 1.807) is 0 Å². The van der Waals surface area contributed by atoms with E-state index in [4.69, 9.17) is 0 Å². The van der Waals surface area contributed by atoms with E-state index in [2.05, 4.69) is 9.47 Å².